The zero-order chi connectivity index (χ0) is 16.9. The molecule has 0 radical (unpaired) electrons. The maximum Gasteiger partial charge on any atom is 0.524 e. The lowest BCUT2D eigenvalue weighted by molar-refractivity contribution is -0.380. The fourth-order valence-electron chi connectivity index (χ4n) is 1.55. The number of phosphoric acid groups is 1. The smallest absolute Gasteiger partial charge is 0.404 e. The highest BCUT2D eigenvalue weighted by Crippen LogP contribution is 2.39. The van der Waals surface area contributed by atoms with Gasteiger partial charge in [-0.05, 0) is 17.4 Å². The van der Waals surface area contributed by atoms with E-state index >= 15 is 0 Å². The van der Waals surface area contributed by atoms with Crippen molar-refractivity contribution in [3.8, 4) is 5.75 Å². The first-order valence-corrected chi connectivity index (χ1v) is 8.45. The van der Waals surface area contributed by atoms with E-state index in [1.54, 1.807) is 18.2 Å². The van der Waals surface area contributed by atoms with Crippen molar-refractivity contribution in [2.45, 2.75) is 6.61 Å². The molecule has 0 atom stereocenters. The van der Waals surface area contributed by atoms with E-state index in [1.807, 2.05) is 0 Å². The van der Waals surface area contributed by atoms with Crippen LogP contribution in [0.15, 0.2) is 30.5 Å². The SMILES string of the molecule is O=[N+]([O-])c1cnc(NCOCc2ccccc2OP(=O)(O)O)s1. The third-order valence-electron chi connectivity index (χ3n) is 2.45. The second-order valence-corrected chi connectivity index (χ2v) is 6.29. The number of nitrogens with one attached hydrogen (secondary N) is 1. The summed E-state index contributed by atoms with van der Waals surface area (Å²) in [6, 6.07) is 6.25. The molecule has 0 fully saturated rings. The number of benzene rings is 1. The molecule has 23 heavy (non-hydrogen) atoms. The van der Waals surface area contributed by atoms with Crippen LogP contribution in [-0.2, 0) is 15.9 Å². The number of nitro groups is 1. The molecule has 124 valence electrons. The van der Waals surface area contributed by atoms with E-state index in [0.717, 1.165) is 17.5 Å². The lowest BCUT2D eigenvalue weighted by Gasteiger charge is -2.12. The maximum atomic E-state index is 10.9. The van der Waals surface area contributed by atoms with Crippen LogP contribution in [0.2, 0.25) is 0 Å². The Bertz CT molecular complexity index is 732. The van der Waals surface area contributed by atoms with Gasteiger partial charge in [0.25, 0.3) is 0 Å². The molecule has 12 heteroatoms. The predicted molar refractivity (Wildman–Crippen MR) is 81.2 cm³/mol. The first kappa shape index (κ1) is 17.3. The molecule has 2 aromatic rings. The monoisotopic (exact) mass is 361 g/mol. The van der Waals surface area contributed by atoms with Gasteiger partial charge in [-0.25, -0.2) is 9.55 Å². The van der Waals surface area contributed by atoms with Crippen molar-refractivity contribution in [2.24, 2.45) is 0 Å². The van der Waals surface area contributed by atoms with Crippen LogP contribution in [0, 0.1) is 10.1 Å². The molecule has 0 aliphatic rings. The fourth-order valence-corrected chi connectivity index (χ4v) is 2.59. The molecule has 0 spiro atoms. The van der Waals surface area contributed by atoms with Crippen molar-refractivity contribution in [1.29, 1.82) is 0 Å². The number of phosphoric ester groups is 1. The van der Waals surface area contributed by atoms with Gasteiger partial charge >= 0.3 is 12.8 Å². The highest BCUT2D eigenvalue weighted by molar-refractivity contribution is 7.46. The number of anilines is 1. The predicted octanol–water partition coefficient (Wildman–Crippen LogP) is 2.11. The Morgan fingerprint density at radius 2 is 2.13 bits per heavy atom. The minimum atomic E-state index is -4.65. The minimum absolute atomic E-state index is 0.00884. The summed E-state index contributed by atoms with van der Waals surface area (Å²) in [4.78, 5) is 31.5. The number of nitrogens with zero attached hydrogens (tertiary/aromatic N) is 2. The van der Waals surface area contributed by atoms with Crippen molar-refractivity contribution < 1.29 is 28.5 Å². The highest BCUT2D eigenvalue weighted by atomic mass is 32.1. The van der Waals surface area contributed by atoms with Gasteiger partial charge < -0.3 is 14.6 Å². The first-order valence-electron chi connectivity index (χ1n) is 6.10. The lowest BCUT2D eigenvalue weighted by Crippen LogP contribution is -2.06. The third-order valence-corrected chi connectivity index (χ3v) is 3.79. The summed E-state index contributed by atoms with van der Waals surface area (Å²) < 4.78 is 20.7. The van der Waals surface area contributed by atoms with Crippen LogP contribution >= 0.6 is 19.2 Å². The Labute approximate surface area is 134 Å². The van der Waals surface area contributed by atoms with Crippen LogP contribution in [0.4, 0.5) is 10.1 Å². The van der Waals surface area contributed by atoms with E-state index in [2.05, 4.69) is 14.8 Å². The average molecular weight is 361 g/mol. The molecule has 1 aromatic heterocycles. The van der Waals surface area contributed by atoms with Gasteiger partial charge in [0.1, 0.15) is 18.7 Å². The largest absolute Gasteiger partial charge is 0.524 e. The Kier molecular flexibility index (Phi) is 5.64. The molecule has 10 nitrogen and oxygen atoms in total. The second-order valence-electron chi connectivity index (χ2n) is 4.12. The van der Waals surface area contributed by atoms with Crippen LogP contribution in [0.1, 0.15) is 5.56 Å². The van der Waals surface area contributed by atoms with Gasteiger partial charge in [-0.1, -0.05) is 18.2 Å². The standard InChI is InChI=1S/C11H12N3O7PS/c15-14(16)10-5-12-11(23-10)13-7-20-6-8-3-1-2-4-9(8)21-22(17,18)19/h1-5H,6-7H2,(H,12,13)(H2,17,18,19). The molecular weight excluding hydrogens is 349 g/mol. The molecule has 0 saturated heterocycles. The molecule has 3 N–H and O–H groups in total. The molecule has 0 unspecified atom stereocenters. The van der Waals surface area contributed by atoms with Crippen LogP contribution in [0.25, 0.3) is 0 Å². The molecule has 0 aliphatic carbocycles. The topological polar surface area (TPSA) is 144 Å². The van der Waals surface area contributed by atoms with Gasteiger partial charge in [-0.3, -0.25) is 19.9 Å². The van der Waals surface area contributed by atoms with E-state index in [-0.39, 0.29) is 24.1 Å². The fraction of sp³-hybridized carbons (Fsp3) is 0.182. The van der Waals surface area contributed by atoms with Gasteiger partial charge in [0, 0.05) is 5.56 Å². The average Bonchev–Trinajstić information content (AvgIpc) is 2.92. The number of aromatic nitrogens is 1. The number of hydrogen-bond donors (Lipinski definition) is 3. The van der Waals surface area contributed by atoms with Gasteiger partial charge in [0.15, 0.2) is 5.13 Å². The normalized spacial score (nSPS) is 11.2. The van der Waals surface area contributed by atoms with Crippen LogP contribution < -0.4 is 9.84 Å². The van der Waals surface area contributed by atoms with Gasteiger partial charge in [-0.2, -0.15) is 0 Å². The molecule has 1 aromatic carbocycles. The summed E-state index contributed by atoms with van der Waals surface area (Å²) in [5, 5.41) is 13.5. The van der Waals surface area contributed by atoms with Crippen molar-refractivity contribution in [1.82, 2.24) is 4.98 Å². The third kappa shape index (κ3) is 5.58. The van der Waals surface area contributed by atoms with E-state index < -0.39 is 12.7 Å². The minimum Gasteiger partial charge on any atom is -0.404 e. The van der Waals surface area contributed by atoms with Crippen LogP contribution in [0.3, 0.4) is 0 Å². The second kappa shape index (κ2) is 7.49. The van der Waals surface area contributed by atoms with Crippen LogP contribution in [0.5, 0.6) is 5.75 Å². The van der Waals surface area contributed by atoms with Gasteiger partial charge in [-0.15, -0.1) is 0 Å². The Morgan fingerprint density at radius 3 is 2.78 bits per heavy atom. The zero-order valence-corrected chi connectivity index (χ0v) is 13.2. The first-order chi connectivity index (χ1) is 10.8. The van der Waals surface area contributed by atoms with Crippen molar-refractivity contribution in [2.75, 3.05) is 12.0 Å². The number of ether oxygens (including phenoxy) is 1. The molecule has 1 heterocycles. The molecule has 0 amide bonds. The maximum absolute atomic E-state index is 10.9. The molecule has 2 rings (SSSR count). The summed E-state index contributed by atoms with van der Waals surface area (Å²) in [5.41, 5.74) is 0.447. The number of hydrogen-bond acceptors (Lipinski definition) is 8. The summed E-state index contributed by atoms with van der Waals surface area (Å²) in [5.74, 6) is 0.0192. The summed E-state index contributed by atoms with van der Waals surface area (Å²) >= 11 is 0.869. The van der Waals surface area contributed by atoms with Crippen molar-refractivity contribution in [3.63, 3.8) is 0 Å². The molecule has 0 bridgehead atoms. The van der Waals surface area contributed by atoms with Crippen LogP contribution in [-0.4, -0.2) is 26.4 Å². The number of rotatable bonds is 8. The van der Waals surface area contributed by atoms with Crippen molar-refractivity contribution >= 4 is 29.3 Å². The lowest BCUT2D eigenvalue weighted by atomic mass is 10.2. The van der Waals surface area contributed by atoms with Crippen molar-refractivity contribution in [3.05, 3.63) is 46.1 Å². The van der Waals surface area contributed by atoms with E-state index in [4.69, 9.17) is 14.5 Å². The Morgan fingerprint density at radius 1 is 1.39 bits per heavy atom. The molecule has 0 saturated carbocycles. The Hall–Kier alpha value is -2.04. The highest BCUT2D eigenvalue weighted by Gasteiger charge is 2.18. The molecule has 0 aliphatic heterocycles. The van der Waals surface area contributed by atoms with E-state index in [1.165, 1.54) is 6.07 Å². The van der Waals surface area contributed by atoms with E-state index in [0.29, 0.717) is 10.7 Å². The van der Waals surface area contributed by atoms with Gasteiger partial charge in [0.2, 0.25) is 0 Å². The Balaban J connectivity index is 1.86. The summed E-state index contributed by atoms with van der Waals surface area (Å²) in [6.07, 6.45) is 1.14. The van der Waals surface area contributed by atoms with Gasteiger partial charge in [0.05, 0.1) is 11.5 Å². The molecular formula is C11H12N3O7PS. The summed E-state index contributed by atoms with van der Waals surface area (Å²) in [7, 11) is -4.65. The van der Waals surface area contributed by atoms with E-state index in [9.17, 15) is 14.7 Å². The quantitative estimate of drug-likeness (QED) is 0.212. The zero-order valence-electron chi connectivity index (χ0n) is 11.5. The number of para-hydroxylation sites is 1. The number of thiazole rings is 1. The summed E-state index contributed by atoms with van der Waals surface area (Å²) in [6.45, 7) is 0.0333.